The van der Waals surface area contributed by atoms with Gasteiger partial charge in [0.1, 0.15) is 0 Å². The molecule has 0 amide bonds. The number of rotatable bonds is 9. The molecule has 1 atom stereocenters. The number of methoxy groups -OCH3 is 1. The van der Waals surface area contributed by atoms with Crippen LogP contribution in [0.5, 0.6) is 11.5 Å². The summed E-state index contributed by atoms with van der Waals surface area (Å²) in [4.78, 5) is 0. The lowest BCUT2D eigenvalue weighted by molar-refractivity contribution is 0.288. The lowest BCUT2D eigenvalue weighted by atomic mass is 10.1. The minimum Gasteiger partial charge on any atom is -0.493 e. The van der Waals surface area contributed by atoms with Crippen molar-refractivity contribution in [3.8, 4) is 11.5 Å². The van der Waals surface area contributed by atoms with E-state index in [1.54, 1.807) is 7.11 Å². The van der Waals surface area contributed by atoms with Crippen molar-refractivity contribution in [2.24, 2.45) is 0 Å². The zero-order valence-corrected chi connectivity index (χ0v) is 15.7. The summed E-state index contributed by atoms with van der Waals surface area (Å²) in [6.45, 7) is 5.81. The van der Waals surface area contributed by atoms with Crippen LogP contribution < -0.4 is 14.8 Å². The molecule has 0 aliphatic rings. The molecule has 26 heavy (non-hydrogen) atoms. The Morgan fingerprint density at radius 3 is 2.85 bits per heavy atom. The monoisotopic (exact) mass is 353 g/mol. The van der Waals surface area contributed by atoms with Gasteiger partial charge in [-0.05, 0) is 42.7 Å². The van der Waals surface area contributed by atoms with E-state index in [9.17, 15) is 0 Å². The molecule has 1 aromatic heterocycles. The maximum atomic E-state index is 5.81. The zero-order chi connectivity index (χ0) is 18.4. The highest BCUT2D eigenvalue weighted by Crippen LogP contribution is 2.30. The number of aromatic amines is 1. The number of fused-ring (bicyclic) bond motifs is 1. The predicted molar refractivity (Wildman–Crippen MR) is 105 cm³/mol. The average molecular weight is 353 g/mol. The summed E-state index contributed by atoms with van der Waals surface area (Å²) in [6.07, 6.45) is 4.00. The van der Waals surface area contributed by atoms with Gasteiger partial charge in [-0.2, -0.15) is 5.10 Å². The molecule has 3 aromatic rings. The Morgan fingerprint density at radius 2 is 2.04 bits per heavy atom. The number of hydrogen-bond acceptors (Lipinski definition) is 4. The zero-order valence-electron chi connectivity index (χ0n) is 15.7. The molecule has 3 rings (SSSR count). The van der Waals surface area contributed by atoms with Crippen molar-refractivity contribution in [3.63, 3.8) is 0 Å². The molecule has 0 bridgehead atoms. The Bertz CT molecular complexity index is 844. The first-order valence-electron chi connectivity index (χ1n) is 9.17. The maximum absolute atomic E-state index is 5.81. The van der Waals surface area contributed by atoms with Gasteiger partial charge in [0.25, 0.3) is 0 Å². The molecule has 0 radical (unpaired) electrons. The summed E-state index contributed by atoms with van der Waals surface area (Å²) in [7, 11) is 1.68. The quantitative estimate of drug-likeness (QED) is 0.552. The second kappa shape index (κ2) is 8.72. The molecule has 5 heteroatoms. The molecule has 5 nitrogen and oxygen atoms in total. The number of aromatic nitrogens is 2. The second-order valence-corrected chi connectivity index (χ2v) is 6.51. The molecular formula is C21H27N3O2. The van der Waals surface area contributed by atoms with Gasteiger partial charge in [-0.1, -0.05) is 31.5 Å². The summed E-state index contributed by atoms with van der Waals surface area (Å²) < 4.78 is 11.3. The number of benzene rings is 2. The van der Waals surface area contributed by atoms with Crippen LogP contribution in [-0.2, 0) is 6.54 Å². The molecule has 0 aliphatic heterocycles. The number of H-pyrrole nitrogens is 1. The highest BCUT2D eigenvalue weighted by Gasteiger charge is 2.11. The van der Waals surface area contributed by atoms with Gasteiger partial charge in [0.2, 0.25) is 0 Å². The smallest absolute Gasteiger partial charge is 0.161 e. The second-order valence-electron chi connectivity index (χ2n) is 6.51. The Labute approximate surface area is 154 Å². The van der Waals surface area contributed by atoms with Crippen molar-refractivity contribution < 1.29 is 9.47 Å². The fourth-order valence-corrected chi connectivity index (χ4v) is 2.88. The molecule has 2 aromatic carbocycles. The van der Waals surface area contributed by atoms with Gasteiger partial charge in [-0.3, -0.25) is 5.10 Å². The van der Waals surface area contributed by atoms with Gasteiger partial charge in [0.05, 0.1) is 25.4 Å². The first-order valence-corrected chi connectivity index (χ1v) is 9.17. The van der Waals surface area contributed by atoms with Crippen LogP contribution in [0.2, 0.25) is 0 Å². The molecule has 2 N–H and O–H groups in total. The SMILES string of the molecule is CCCCOc1ccc(C(C)NCc2ccc3cn[nH]c3c2)cc1OC. The molecule has 0 aliphatic carbocycles. The van der Waals surface area contributed by atoms with E-state index >= 15 is 0 Å². The Morgan fingerprint density at radius 1 is 1.15 bits per heavy atom. The number of nitrogens with one attached hydrogen (secondary N) is 2. The lowest BCUT2D eigenvalue weighted by Gasteiger charge is -2.17. The molecule has 0 fully saturated rings. The first kappa shape index (κ1) is 18.3. The normalized spacial score (nSPS) is 12.3. The van der Waals surface area contributed by atoms with Gasteiger partial charge in [-0.25, -0.2) is 0 Å². The van der Waals surface area contributed by atoms with Crippen molar-refractivity contribution in [2.45, 2.75) is 39.3 Å². The van der Waals surface area contributed by atoms with Crippen LogP contribution in [0, 0.1) is 0 Å². The highest BCUT2D eigenvalue weighted by atomic mass is 16.5. The maximum Gasteiger partial charge on any atom is 0.161 e. The van der Waals surface area contributed by atoms with E-state index in [4.69, 9.17) is 9.47 Å². The first-order chi connectivity index (χ1) is 12.7. The number of unbranched alkanes of at least 4 members (excludes halogenated alkanes) is 1. The van der Waals surface area contributed by atoms with E-state index in [1.807, 2.05) is 12.3 Å². The van der Waals surface area contributed by atoms with Crippen molar-refractivity contribution >= 4 is 10.9 Å². The van der Waals surface area contributed by atoms with Crippen molar-refractivity contribution in [2.75, 3.05) is 13.7 Å². The molecule has 0 saturated carbocycles. The number of ether oxygens (including phenoxy) is 2. The highest BCUT2D eigenvalue weighted by molar-refractivity contribution is 5.78. The summed E-state index contributed by atoms with van der Waals surface area (Å²) >= 11 is 0. The molecule has 1 unspecified atom stereocenters. The van der Waals surface area contributed by atoms with E-state index in [0.717, 1.165) is 48.4 Å². The summed E-state index contributed by atoms with van der Waals surface area (Å²) in [6, 6.07) is 12.7. The third-order valence-corrected chi connectivity index (χ3v) is 4.56. The predicted octanol–water partition coefficient (Wildman–Crippen LogP) is 4.60. The minimum atomic E-state index is 0.200. The fourth-order valence-electron chi connectivity index (χ4n) is 2.88. The molecule has 0 spiro atoms. The van der Waals surface area contributed by atoms with Crippen molar-refractivity contribution in [1.82, 2.24) is 15.5 Å². The van der Waals surface area contributed by atoms with Gasteiger partial charge in [0.15, 0.2) is 11.5 Å². The Hall–Kier alpha value is -2.53. The van der Waals surface area contributed by atoms with E-state index < -0.39 is 0 Å². The van der Waals surface area contributed by atoms with E-state index in [0.29, 0.717) is 0 Å². The Kier molecular flexibility index (Phi) is 6.12. The third-order valence-electron chi connectivity index (χ3n) is 4.56. The van der Waals surface area contributed by atoms with Crippen LogP contribution in [0.3, 0.4) is 0 Å². The van der Waals surface area contributed by atoms with Gasteiger partial charge >= 0.3 is 0 Å². The average Bonchev–Trinajstić information content (AvgIpc) is 3.14. The van der Waals surface area contributed by atoms with Crippen LogP contribution in [0.1, 0.15) is 43.9 Å². The fraction of sp³-hybridized carbons (Fsp3) is 0.381. The largest absolute Gasteiger partial charge is 0.493 e. The standard InChI is InChI=1S/C21H27N3O2/c1-4-5-10-26-20-9-8-17(12-21(20)25-3)15(2)22-13-16-6-7-18-14-23-24-19(18)11-16/h6-9,11-12,14-15,22H,4-5,10,13H2,1-3H3,(H,23,24). The summed E-state index contributed by atoms with van der Waals surface area (Å²) in [5.41, 5.74) is 3.46. The van der Waals surface area contributed by atoms with Crippen LogP contribution in [0.4, 0.5) is 0 Å². The van der Waals surface area contributed by atoms with Crippen LogP contribution in [0.25, 0.3) is 10.9 Å². The van der Waals surface area contributed by atoms with E-state index in [2.05, 4.69) is 59.7 Å². The summed E-state index contributed by atoms with van der Waals surface area (Å²) in [5.74, 6) is 1.59. The van der Waals surface area contributed by atoms with Crippen LogP contribution >= 0.6 is 0 Å². The minimum absolute atomic E-state index is 0.200. The van der Waals surface area contributed by atoms with Crippen molar-refractivity contribution in [1.29, 1.82) is 0 Å². The third kappa shape index (κ3) is 4.35. The lowest BCUT2D eigenvalue weighted by Crippen LogP contribution is -2.18. The topological polar surface area (TPSA) is 59.2 Å². The molecule has 1 heterocycles. The van der Waals surface area contributed by atoms with Gasteiger partial charge in [-0.15, -0.1) is 0 Å². The number of hydrogen-bond donors (Lipinski definition) is 2. The summed E-state index contributed by atoms with van der Waals surface area (Å²) in [5, 5.41) is 11.8. The molecule has 138 valence electrons. The molecular weight excluding hydrogens is 326 g/mol. The van der Waals surface area contributed by atoms with Gasteiger partial charge in [0, 0.05) is 18.0 Å². The van der Waals surface area contributed by atoms with Crippen LogP contribution in [0.15, 0.2) is 42.6 Å². The number of nitrogens with zero attached hydrogens (tertiary/aromatic N) is 1. The van der Waals surface area contributed by atoms with E-state index in [-0.39, 0.29) is 6.04 Å². The van der Waals surface area contributed by atoms with Crippen LogP contribution in [-0.4, -0.2) is 23.9 Å². The van der Waals surface area contributed by atoms with E-state index in [1.165, 1.54) is 11.1 Å². The van der Waals surface area contributed by atoms with Gasteiger partial charge < -0.3 is 14.8 Å². The molecule has 0 saturated heterocycles. The van der Waals surface area contributed by atoms with Crippen molar-refractivity contribution in [3.05, 3.63) is 53.7 Å². The Balaban J connectivity index is 1.63.